The lowest BCUT2D eigenvalue weighted by Gasteiger charge is -2.11. The molecule has 144 valence electrons. The molecule has 7 nitrogen and oxygen atoms in total. The van der Waals surface area contributed by atoms with Gasteiger partial charge in [-0.2, -0.15) is 18.2 Å². The van der Waals surface area contributed by atoms with Gasteiger partial charge in [0.1, 0.15) is 10.9 Å². The summed E-state index contributed by atoms with van der Waals surface area (Å²) in [5, 5.41) is 10.2. The number of nitrogens with zero attached hydrogens (tertiary/aromatic N) is 4. The normalized spacial score (nSPS) is 11.2. The van der Waals surface area contributed by atoms with Gasteiger partial charge in [0, 0.05) is 12.5 Å². The maximum absolute atomic E-state index is 12.9. The number of pyridine rings is 1. The zero-order valence-electron chi connectivity index (χ0n) is 14.2. The zero-order valence-corrected chi connectivity index (χ0v) is 14.9. The van der Waals surface area contributed by atoms with E-state index in [0.717, 1.165) is 12.1 Å². The summed E-state index contributed by atoms with van der Waals surface area (Å²) in [6.45, 7) is 1.25. The molecule has 0 unspecified atom stereocenters. The Balaban J connectivity index is 2.02. The van der Waals surface area contributed by atoms with Crippen molar-refractivity contribution in [3.8, 4) is 23.0 Å². The fraction of sp³-hybridized carbons (Fsp3) is 0.118. The van der Waals surface area contributed by atoms with Crippen LogP contribution in [-0.4, -0.2) is 26.1 Å². The third kappa shape index (κ3) is 4.71. The van der Waals surface area contributed by atoms with Gasteiger partial charge in [-0.1, -0.05) is 23.7 Å². The Morgan fingerprint density at radius 2 is 1.96 bits per heavy atom. The first-order valence-electron chi connectivity index (χ1n) is 7.72. The number of carbonyl (C=O) groups is 1. The topological polar surface area (TPSA) is 89.9 Å². The summed E-state index contributed by atoms with van der Waals surface area (Å²) in [5.74, 6) is -0.606. The Kier molecular flexibility index (Phi) is 5.41. The van der Waals surface area contributed by atoms with Gasteiger partial charge in [0.25, 0.3) is 5.88 Å². The summed E-state index contributed by atoms with van der Waals surface area (Å²) < 4.78 is 44.4. The van der Waals surface area contributed by atoms with Gasteiger partial charge in [-0.25, -0.2) is 4.98 Å². The third-order valence-corrected chi connectivity index (χ3v) is 3.54. The molecule has 3 aromatic rings. The van der Waals surface area contributed by atoms with Crippen LogP contribution in [-0.2, 0) is 11.0 Å². The number of aromatic nitrogens is 4. The second-order valence-corrected chi connectivity index (χ2v) is 5.85. The van der Waals surface area contributed by atoms with Crippen molar-refractivity contribution in [3.63, 3.8) is 0 Å². The number of benzene rings is 1. The second kappa shape index (κ2) is 7.77. The van der Waals surface area contributed by atoms with Crippen molar-refractivity contribution in [2.75, 3.05) is 5.32 Å². The van der Waals surface area contributed by atoms with Gasteiger partial charge in [0.05, 0.1) is 11.8 Å². The van der Waals surface area contributed by atoms with Crippen LogP contribution < -0.4 is 10.1 Å². The lowest BCUT2D eigenvalue weighted by molar-refractivity contribution is -0.137. The van der Waals surface area contributed by atoms with Crippen molar-refractivity contribution in [3.05, 3.63) is 53.3 Å². The lowest BCUT2D eigenvalue weighted by atomic mass is 10.1. The predicted molar refractivity (Wildman–Crippen MR) is 93.9 cm³/mol. The minimum absolute atomic E-state index is 0.0794. The summed E-state index contributed by atoms with van der Waals surface area (Å²) >= 11 is 5.72. The van der Waals surface area contributed by atoms with Gasteiger partial charge in [-0.3, -0.25) is 4.79 Å². The Labute approximate surface area is 161 Å². The standard InChI is InChI=1S/C17H11ClF3N5O2/c1-9(27)23-15-16(28-12-5-6-13(18)22-8-12)24-14(25-26-15)10-3-2-4-11(7-10)17(19,20)21/h2-8H,1H3,(H,23,26,27). The van der Waals surface area contributed by atoms with E-state index >= 15 is 0 Å². The Hall–Kier alpha value is -3.27. The molecule has 0 saturated carbocycles. The highest BCUT2D eigenvalue weighted by Gasteiger charge is 2.30. The molecule has 28 heavy (non-hydrogen) atoms. The van der Waals surface area contributed by atoms with E-state index in [1.165, 1.54) is 37.4 Å². The van der Waals surface area contributed by atoms with Crippen LogP contribution in [0.1, 0.15) is 12.5 Å². The predicted octanol–water partition coefficient (Wildman–Crippen LogP) is 4.36. The molecule has 0 aliphatic rings. The van der Waals surface area contributed by atoms with Crippen LogP contribution in [0, 0.1) is 0 Å². The molecule has 0 radical (unpaired) electrons. The molecule has 0 atom stereocenters. The highest BCUT2D eigenvalue weighted by Crippen LogP contribution is 2.32. The van der Waals surface area contributed by atoms with Crippen molar-refractivity contribution in [2.24, 2.45) is 0 Å². The van der Waals surface area contributed by atoms with Crippen LogP contribution in [0.2, 0.25) is 5.15 Å². The smallest absolute Gasteiger partial charge is 0.416 e. The Morgan fingerprint density at radius 1 is 1.18 bits per heavy atom. The van der Waals surface area contributed by atoms with Crippen LogP contribution in [0.15, 0.2) is 42.6 Å². The summed E-state index contributed by atoms with van der Waals surface area (Å²) in [5.41, 5.74) is -0.778. The average molecular weight is 410 g/mol. The number of anilines is 1. The van der Waals surface area contributed by atoms with E-state index in [9.17, 15) is 18.0 Å². The van der Waals surface area contributed by atoms with Crippen molar-refractivity contribution < 1.29 is 22.7 Å². The van der Waals surface area contributed by atoms with Gasteiger partial charge in [0.2, 0.25) is 11.7 Å². The molecule has 2 heterocycles. The van der Waals surface area contributed by atoms with E-state index in [1.54, 1.807) is 0 Å². The quantitative estimate of drug-likeness (QED) is 0.644. The minimum Gasteiger partial charge on any atom is -0.434 e. The number of hydrogen-bond donors (Lipinski definition) is 1. The molecule has 11 heteroatoms. The van der Waals surface area contributed by atoms with Crippen molar-refractivity contribution >= 4 is 23.3 Å². The molecular weight excluding hydrogens is 399 g/mol. The molecule has 1 N–H and O–H groups in total. The highest BCUT2D eigenvalue weighted by molar-refractivity contribution is 6.29. The molecule has 3 rings (SSSR count). The zero-order chi connectivity index (χ0) is 20.3. The van der Waals surface area contributed by atoms with E-state index in [2.05, 4.69) is 25.5 Å². The number of alkyl halides is 3. The molecule has 0 fully saturated rings. The lowest BCUT2D eigenvalue weighted by Crippen LogP contribution is -2.11. The number of nitrogens with one attached hydrogen (secondary N) is 1. The Bertz CT molecular complexity index is 1010. The van der Waals surface area contributed by atoms with Crippen LogP contribution in [0.5, 0.6) is 11.6 Å². The van der Waals surface area contributed by atoms with Gasteiger partial charge >= 0.3 is 6.18 Å². The summed E-state index contributed by atoms with van der Waals surface area (Å²) in [4.78, 5) is 19.3. The van der Waals surface area contributed by atoms with Crippen LogP contribution in [0.25, 0.3) is 11.4 Å². The average Bonchev–Trinajstić information content (AvgIpc) is 2.64. The number of ether oxygens (including phenoxy) is 1. The van der Waals surface area contributed by atoms with E-state index in [-0.39, 0.29) is 34.0 Å². The van der Waals surface area contributed by atoms with Crippen molar-refractivity contribution in [1.82, 2.24) is 20.2 Å². The number of halogens is 4. The first-order chi connectivity index (χ1) is 13.2. The molecular formula is C17H11ClF3N5O2. The van der Waals surface area contributed by atoms with Gasteiger partial charge < -0.3 is 10.1 Å². The fourth-order valence-corrected chi connectivity index (χ4v) is 2.23. The molecule has 0 aliphatic carbocycles. The molecule has 1 aromatic carbocycles. The maximum atomic E-state index is 12.9. The Morgan fingerprint density at radius 3 is 2.61 bits per heavy atom. The van der Waals surface area contributed by atoms with Gasteiger partial charge in [-0.15, -0.1) is 10.2 Å². The number of amides is 1. The molecule has 2 aromatic heterocycles. The largest absolute Gasteiger partial charge is 0.434 e. The van der Waals surface area contributed by atoms with Crippen molar-refractivity contribution in [2.45, 2.75) is 13.1 Å². The van der Waals surface area contributed by atoms with Crippen molar-refractivity contribution in [1.29, 1.82) is 0 Å². The summed E-state index contributed by atoms with van der Waals surface area (Å²) in [7, 11) is 0. The molecule has 0 aliphatic heterocycles. The van der Waals surface area contributed by atoms with Crippen LogP contribution in [0.4, 0.5) is 19.0 Å². The van der Waals surface area contributed by atoms with Gasteiger partial charge in [0.15, 0.2) is 5.82 Å². The first-order valence-corrected chi connectivity index (χ1v) is 8.09. The number of hydrogen-bond acceptors (Lipinski definition) is 6. The van der Waals surface area contributed by atoms with E-state index in [4.69, 9.17) is 16.3 Å². The fourth-order valence-electron chi connectivity index (χ4n) is 2.12. The molecule has 0 spiro atoms. The third-order valence-electron chi connectivity index (χ3n) is 3.31. The van der Waals surface area contributed by atoms with E-state index in [0.29, 0.717) is 0 Å². The van der Waals surface area contributed by atoms with E-state index < -0.39 is 17.6 Å². The summed E-state index contributed by atoms with van der Waals surface area (Å²) in [6, 6.07) is 7.42. The molecule has 0 saturated heterocycles. The number of carbonyl (C=O) groups excluding carboxylic acids is 1. The monoisotopic (exact) mass is 409 g/mol. The van der Waals surface area contributed by atoms with Gasteiger partial charge in [-0.05, 0) is 24.3 Å². The van der Waals surface area contributed by atoms with Crippen LogP contribution >= 0.6 is 11.6 Å². The summed E-state index contributed by atoms with van der Waals surface area (Å²) in [6.07, 6.45) is -3.21. The number of rotatable bonds is 4. The molecule has 0 bridgehead atoms. The van der Waals surface area contributed by atoms with Crippen LogP contribution in [0.3, 0.4) is 0 Å². The molecule has 1 amide bonds. The minimum atomic E-state index is -4.52. The first kappa shape index (κ1) is 19.5. The SMILES string of the molecule is CC(=O)Nc1nnc(-c2cccc(C(F)(F)F)c2)nc1Oc1ccc(Cl)nc1. The maximum Gasteiger partial charge on any atom is 0.416 e. The van der Waals surface area contributed by atoms with E-state index in [1.807, 2.05) is 0 Å². The highest BCUT2D eigenvalue weighted by atomic mass is 35.5. The second-order valence-electron chi connectivity index (χ2n) is 5.47.